The molecule has 0 aliphatic heterocycles. The van der Waals surface area contributed by atoms with Gasteiger partial charge >= 0.3 is 0 Å². The van der Waals surface area contributed by atoms with Crippen LogP contribution in [-0.2, 0) is 9.53 Å². The molecule has 0 aromatic heterocycles. The van der Waals surface area contributed by atoms with Crippen LogP contribution in [0.3, 0.4) is 0 Å². The lowest BCUT2D eigenvalue weighted by molar-refractivity contribution is -0.115. The highest BCUT2D eigenvalue weighted by molar-refractivity contribution is 6.30. The Kier molecular flexibility index (Phi) is 5.97. The van der Waals surface area contributed by atoms with Crippen LogP contribution in [0.1, 0.15) is 6.92 Å². The Morgan fingerprint density at radius 2 is 2.29 bits per heavy atom. The molecule has 1 rings (SSSR count). The number of hydrogen-bond donors (Lipinski definition) is 2. The number of carbonyl (C=O) groups excluding carboxylic acids is 1. The third-order valence-electron chi connectivity index (χ3n) is 2.14. The minimum atomic E-state index is -0.102. The molecule has 1 atom stereocenters. The highest BCUT2D eigenvalue weighted by Crippen LogP contribution is 2.14. The summed E-state index contributed by atoms with van der Waals surface area (Å²) < 4.78 is 4.96. The monoisotopic (exact) mass is 256 g/mol. The standard InChI is InChI=1S/C12H17ClN2O2/c1-9(8-17-2)14-7-12(16)15-11-5-3-4-10(13)6-11/h3-6,9,14H,7-8H2,1-2H3,(H,15,16). The summed E-state index contributed by atoms with van der Waals surface area (Å²) in [6.07, 6.45) is 0. The van der Waals surface area contributed by atoms with E-state index in [4.69, 9.17) is 16.3 Å². The Labute approximate surface area is 106 Å². The maximum atomic E-state index is 11.6. The number of rotatable bonds is 6. The van der Waals surface area contributed by atoms with Gasteiger partial charge in [0.05, 0.1) is 13.2 Å². The molecular weight excluding hydrogens is 240 g/mol. The Bertz CT molecular complexity index is 371. The Morgan fingerprint density at radius 1 is 1.53 bits per heavy atom. The van der Waals surface area contributed by atoms with Crippen molar-refractivity contribution in [3.05, 3.63) is 29.3 Å². The Hall–Kier alpha value is -1.10. The van der Waals surface area contributed by atoms with Gasteiger partial charge in [0, 0.05) is 23.9 Å². The van der Waals surface area contributed by atoms with E-state index in [1.54, 1.807) is 31.4 Å². The number of hydrogen-bond acceptors (Lipinski definition) is 3. The lowest BCUT2D eigenvalue weighted by Crippen LogP contribution is -2.36. The molecule has 0 aliphatic carbocycles. The second-order valence-electron chi connectivity index (χ2n) is 3.80. The van der Waals surface area contributed by atoms with Gasteiger partial charge < -0.3 is 15.4 Å². The molecule has 17 heavy (non-hydrogen) atoms. The van der Waals surface area contributed by atoms with Gasteiger partial charge in [-0.15, -0.1) is 0 Å². The zero-order valence-corrected chi connectivity index (χ0v) is 10.8. The van der Waals surface area contributed by atoms with Crippen molar-refractivity contribution < 1.29 is 9.53 Å². The molecule has 0 heterocycles. The van der Waals surface area contributed by atoms with Crippen molar-refractivity contribution >= 4 is 23.2 Å². The second-order valence-corrected chi connectivity index (χ2v) is 4.23. The minimum absolute atomic E-state index is 0.102. The number of ether oxygens (including phenoxy) is 1. The summed E-state index contributed by atoms with van der Waals surface area (Å²) in [6, 6.07) is 7.19. The van der Waals surface area contributed by atoms with Crippen molar-refractivity contribution in [3.63, 3.8) is 0 Å². The molecular formula is C12H17ClN2O2. The van der Waals surface area contributed by atoms with E-state index in [0.717, 1.165) is 0 Å². The van der Waals surface area contributed by atoms with E-state index in [9.17, 15) is 4.79 Å². The molecule has 1 aromatic carbocycles. The fraction of sp³-hybridized carbons (Fsp3) is 0.417. The molecule has 0 saturated heterocycles. The Morgan fingerprint density at radius 3 is 2.94 bits per heavy atom. The lowest BCUT2D eigenvalue weighted by atomic mass is 10.3. The molecule has 0 fully saturated rings. The fourth-order valence-corrected chi connectivity index (χ4v) is 1.54. The highest BCUT2D eigenvalue weighted by atomic mass is 35.5. The van der Waals surface area contributed by atoms with Crippen LogP contribution in [0.15, 0.2) is 24.3 Å². The van der Waals surface area contributed by atoms with Gasteiger partial charge in [-0.25, -0.2) is 0 Å². The summed E-state index contributed by atoms with van der Waals surface area (Å²) in [4.78, 5) is 11.6. The Balaban J connectivity index is 2.34. The number of carbonyl (C=O) groups is 1. The molecule has 0 bridgehead atoms. The summed E-state index contributed by atoms with van der Waals surface area (Å²) in [5.74, 6) is -0.102. The average molecular weight is 257 g/mol. The van der Waals surface area contributed by atoms with E-state index in [1.165, 1.54) is 0 Å². The third-order valence-corrected chi connectivity index (χ3v) is 2.37. The number of amides is 1. The zero-order chi connectivity index (χ0) is 12.7. The predicted molar refractivity (Wildman–Crippen MR) is 69.4 cm³/mol. The fourth-order valence-electron chi connectivity index (χ4n) is 1.35. The molecule has 5 heteroatoms. The first kappa shape index (κ1) is 14.0. The molecule has 0 spiro atoms. The molecule has 0 saturated carbocycles. The number of anilines is 1. The van der Waals surface area contributed by atoms with E-state index in [-0.39, 0.29) is 18.5 Å². The van der Waals surface area contributed by atoms with Crippen molar-refractivity contribution in [1.29, 1.82) is 0 Å². The minimum Gasteiger partial charge on any atom is -0.383 e. The van der Waals surface area contributed by atoms with Crippen LogP contribution in [0.5, 0.6) is 0 Å². The van der Waals surface area contributed by atoms with Crippen LogP contribution in [-0.4, -0.2) is 32.2 Å². The topological polar surface area (TPSA) is 50.4 Å². The van der Waals surface area contributed by atoms with Gasteiger partial charge in [-0.05, 0) is 25.1 Å². The molecule has 2 N–H and O–H groups in total. The summed E-state index contributed by atoms with van der Waals surface area (Å²) in [5.41, 5.74) is 0.698. The van der Waals surface area contributed by atoms with Crippen molar-refractivity contribution in [2.24, 2.45) is 0 Å². The normalized spacial score (nSPS) is 12.2. The van der Waals surface area contributed by atoms with Crippen molar-refractivity contribution in [3.8, 4) is 0 Å². The van der Waals surface area contributed by atoms with Crippen LogP contribution in [0.2, 0.25) is 5.02 Å². The third kappa shape index (κ3) is 5.68. The number of benzene rings is 1. The van der Waals surface area contributed by atoms with E-state index in [1.807, 2.05) is 6.92 Å². The van der Waals surface area contributed by atoms with Crippen molar-refractivity contribution in [1.82, 2.24) is 5.32 Å². The van der Waals surface area contributed by atoms with E-state index < -0.39 is 0 Å². The first-order chi connectivity index (χ1) is 8.11. The first-order valence-corrected chi connectivity index (χ1v) is 5.77. The van der Waals surface area contributed by atoms with Crippen LogP contribution in [0, 0.1) is 0 Å². The lowest BCUT2D eigenvalue weighted by Gasteiger charge is -2.12. The van der Waals surface area contributed by atoms with Gasteiger partial charge in [-0.3, -0.25) is 4.79 Å². The zero-order valence-electron chi connectivity index (χ0n) is 10.00. The molecule has 1 aromatic rings. The van der Waals surface area contributed by atoms with Crippen molar-refractivity contribution in [2.75, 3.05) is 25.6 Å². The summed E-state index contributed by atoms with van der Waals surface area (Å²) >= 11 is 5.81. The number of methoxy groups -OCH3 is 1. The van der Waals surface area contributed by atoms with E-state index >= 15 is 0 Å². The van der Waals surface area contributed by atoms with E-state index in [2.05, 4.69) is 10.6 Å². The average Bonchev–Trinajstić information content (AvgIpc) is 2.27. The van der Waals surface area contributed by atoms with Gasteiger partial charge in [-0.2, -0.15) is 0 Å². The van der Waals surface area contributed by atoms with Gasteiger partial charge in [0.2, 0.25) is 5.91 Å². The largest absolute Gasteiger partial charge is 0.383 e. The van der Waals surface area contributed by atoms with Crippen LogP contribution in [0.25, 0.3) is 0 Å². The first-order valence-electron chi connectivity index (χ1n) is 5.39. The number of halogens is 1. The molecule has 1 amide bonds. The van der Waals surface area contributed by atoms with E-state index in [0.29, 0.717) is 17.3 Å². The number of nitrogens with one attached hydrogen (secondary N) is 2. The maximum absolute atomic E-state index is 11.6. The van der Waals surface area contributed by atoms with Gasteiger partial charge in [-0.1, -0.05) is 17.7 Å². The molecule has 0 radical (unpaired) electrons. The predicted octanol–water partition coefficient (Wildman–Crippen LogP) is 1.90. The summed E-state index contributed by atoms with van der Waals surface area (Å²) in [6.45, 7) is 2.78. The van der Waals surface area contributed by atoms with Gasteiger partial charge in [0.1, 0.15) is 0 Å². The smallest absolute Gasteiger partial charge is 0.238 e. The summed E-state index contributed by atoms with van der Waals surface area (Å²) in [7, 11) is 1.63. The highest BCUT2D eigenvalue weighted by Gasteiger charge is 2.05. The quantitative estimate of drug-likeness (QED) is 0.817. The summed E-state index contributed by atoms with van der Waals surface area (Å²) in [5, 5.41) is 6.40. The second kappa shape index (κ2) is 7.27. The SMILES string of the molecule is COCC(C)NCC(=O)Nc1cccc(Cl)c1. The van der Waals surface area contributed by atoms with Crippen molar-refractivity contribution in [2.45, 2.75) is 13.0 Å². The van der Waals surface area contributed by atoms with Crippen LogP contribution >= 0.6 is 11.6 Å². The molecule has 94 valence electrons. The maximum Gasteiger partial charge on any atom is 0.238 e. The van der Waals surface area contributed by atoms with Crippen LogP contribution < -0.4 is 10.6 Å². The molecule has 4 nitrogen and oxygen atoms in total. The van der Waals surface area contributed by atoms with Gasteiger partial charge in [0.15, 0.2) is 0 Å². The van der Waals surface area contributed by atoms with Gasteiger partial charge in [0.25, 0.3) is 0 Å². The molecule has 1 unspecified atom stereocenters. The molecule has 0 aliphatic rings. The van der Waals surface area contributed by atoms with Crippen LogP contribution in [0.4, 0.5) is 5.69 Å².